The van der Waals surface area contributed by atoms with Gasteiger partial charge in [0.2, 0.25) is 5.91 Å². The van der Waals surface area contributed by atoms with Crippen LogP contribution in [0.25, 0.3) is 0 Å². The third-order valence-corrected chi connectivity index (χ3v) is 3.77. The van der Waals surface area contributed by atoms with Crippen molar-refractivity contribution in [2.24, 2.45) is 5.73 Å². The van der Waals surface area contributed by atoms with Crippen LogP contribution in [0.15, 0.2) is 30.3 Å². The first-order chi connectivity index (χ1) is 9.60. The summed E-state index contributed by atoms with van der Waals surface area (Å²) in [6.07, 6.45) is 3.70. The molecule has 112 valence electrons. The summed E-state index contributed by atoms with van der Waals surface area (Å²) < 4.78 is 0. The van der Waals surface area contributed by atoms with Crippen molar-refractivity contribution in [2.75, 3.05) is 6.54 Å². The number of nitrogens with zero attached hydrogens (tertiary/aromatic N) is 1. The Morgan fingerprint density at radius 3 is 2.45 bits per heavy atom. The Morgan fingerprint density at radius 1 is 1.25 bits per heavy atom. The molecule has 1 unspecified atom stereocenters. The van der Waals surface area contributed by atoms with E-state index in [0.717, 1.165) is 31.4 Å². The Labute approximate surface area is 123 Å². The predicted octanol–water partition coefficient (Wildman–Crippen LogP) is 2.98. The summed E-state index contributed by atoms with van der Waals surface area (Å²) in [6.45, 7) is 7.17. The first-order valence-corrected chi connectivity index (χ1v) is 7.70. The van der Waals surface area contributed by atoms with E-state index in [1.54, 1.807) is 0 Å². The number of benzene rings is 1. The molecular weight excluding hydrogens is 248 g/mol. The Kier molecular flexibility index (Phi) is 7.31. The Balaban J connectivity index is 2.67. The SMILES string of the molecule is CCCCN(C(=O)[C@@H](N)Cc1ccccc1)C(C)CC. The zero-order valence-corrected chi connectivity index (χ0v) is 13.0. The fourth-order valence-electron chi connectivity index (χ4n) is 2.26. The van der Waals surface area contributed by atoms with E-state index in [-0.39, 0.29) is 11.9 Å². The molecule has 1 aromatic rings. The van der Waals surface area contributed by atoms with Crippen molar-refractivity contribution in [1.82, 2.24) is 4.90 Å². The summed E-state index contributed by atoms with van der Waals surface area (Å²) in [4.78, 5) is 14.5. The summed E-state index contributed by atoms with van der Waals surface area (Å²) in [5.74, 6) is 0.0802. The van der Waals surface area contributed by atoms with Crippen molar-refractivity contribution in [3.8, 4) is 0 Å². The van der Waals surface area contributed by atoms with Gasteiger partial charge in [0.15, 0.2) is 0 Å². The minimum Gasteiger partial charge on any atom is -0.339 e. The molecule has 0 bridgehead atoms. The van der Waals surface area contributed by atoms with Gasteiger partial charge >= 0.3 is 0 Å². The third-order valence-electron chi connectivity index (χ3n) is 3.77. The molecule has 1 aromatic carbocycles. The van der Waals surface area contributed by atoms with Crippen LogP contribution in [0, 0.1) is 0 Å². The molecule has 2 atom stereocenters. The number of carbonyl (C=O) groups is 1. The van der Waals surface area contributed by atoms with E-state index >= 15 is 0 Å². The summed E-state index contributed by atoms with van der Waals surface area (Å²) in [5, 5.41) is 0. The predicted molar refractivity (Wildman–Crippen MR) is 84.5 cm³/mol. The highest BCUT2D eigenvalue weighted by Gasteiger charge is 2.24. The fourth-order valence-corrected chi connectivity index (χ4v) is 2.26. The van der Waals surface area contributed by atoms with Gasteiger partial charge in [-0.3, -0.25) is 4.79 Å². The highest BCUT2D eigenvalue weighted by Crippen LogP contribution is 2.10. The van der Waals surface area contributed by atoms with Crippen LogP contribution in [-0.4, -0.2) is 29.4 Å². The fraction of sp³-hybridized carbons (Fsp3) is 0.588. The molecule has 0 aliphatic rings. The summed E-state index contributed by atoms with van der Waals surface area (Å²) >= 11 is 0. The normalized spacial score (nSPS) is 13.8. The lowest BCUT2D eigenvalue weighted by molar-refractivity contribution is -0.134. The molecule has 1 rings (SSSR count). The number of amides is 1. The average molecular weight is 276 g/mol. The van der Waals surface area contributed by atoms with E-state index < -0.39 is 6.04 Å². The second kappa shape index (κ2) is 8.75. The minimum absolute atomic E-state index is 0.0802. The first kappa shape index (κ1) is 16.7. The van der Waals surface area contributed by atoms with Crippen LogP contribution in [0.1, 0.15) is 45.6 Å². The van der Waals surface area contributed by atoms with Gasteiger partial charge in [0.05, 0.1) is 6.04 Å². The van der Waals surface area contributed by atoms with Gasteiger partial charge in [0.25, 0.3) is 0 Å². The Hall–Kier alpha value is -1.35. The topological polar surface area (TPSA) is 46.3 Å². The van der Waals surface area contributed by atoms with Crippen LogP contribution < -0.4 is 5.73 Å². The molecular formula is C17H28N2O. The number of nitrogens with two attached hydrogens (primary N) is 1. The van der Waals surface area contributed by atoms with Crippen LogP contribution in [-0.2, 0) is 11.2 Å². The number of unbranched alkanes of at least 4 members (excludes halogenated alkanes) is 1. The smallest absolute Gasteiger partial charge is 0.240 e. The van der Waals surface area contributed by atoms with Gasteiger partial charge in [0.1, 0.15) is 0 Å². The molecule has 0 radical (unpaired) electrons. The molecule has 20 heavy (non-hydrogen) atoms. The molecule has 0 fully saturated rings. The molecule has 0 saturated heterocycles. The summed E-state index contributed by atoms with van der Waals surface area (Å²) in [5.41, 5.74) is 7.24. The lowest BCUT2D eigenvalue weighted by Crippen LogP contribution is -2.48. The van der Waals surface area contributed by atoms with Crippen molar-refractivity contribution in [3.05, 3.63) is 35.9 Å². The summed E-state index contributed by atoms with van der Waals surface area (Å²) in [7, 11) is 0. The average Bonchev–Trinajstić information content (AvgIpc) is 2.48. The largest absolute Gasteiger partial charge is 0.339 e. The Morgan fingerprint density at radius 2 is 1.90 bits per heavy atom. The highest BCUT2D eigenvalue weighted by molar-refractivity contribution is 5.82. The maximum Gasteiger partial charge on any atom is 0.240 e. The van der Waals surface area contributed by atoms with E-state index in [4.69, 9.17) is 5.73 Å². The van der Waals surface area contributed by atoms with Crippen LogP contribution in [0.3, 0.4) is 0 Å². The first-order valence-electron chi connectivity index (χ1n) is 7.70. The van der Waals surface area contributed by atoms with Gasteiger partial charge in [-0.25, -0.2) is 0 Å². The van der Waals surface area contributed by atoms with E-state index in [1.165, 1.54) is 0 Å². The van der Waals surface area contributed by atoms with Crippen molar-refractivity contribution in [2.45, 2.75) is 58.5 Å². The van der Waals surface area contributed by atoms with Gasteiger partial charge in [-0.15, -0.1) is 0 Å². The summed E-state index contributed by atoms with van der Waals surface area (Å²) in [6, 6.07) is 9.80. The molecule has 0 aliphatic carbocycles. The lowest BCUT2D eigenvalue weighted by Gasteiger charge is -2.31. The molecule has 0 aliphatic heterocycles. The van der Waals surface area contributed by atoms with Gasteiger partial charge < -0.3 is 10.6 Å². The minimum atomic E-state index is -0.441. The molecule has 3 nitrogen and oxygen atoms in total. The van der Waals surface area contributed by atoms with Crippen LogP contribution in [0.5, 0.6) is 0 Å². The van der Waals surface area contributed by atoms with Crippen molar-refractivity contribution in [1.29, 1.82) is 0 Å². The van der Waals surface area contributed by atoms with Crippen molar-refractivity contribution < 1.29 is 4.79 Å². The molecule has 2 N–H and O–H groups in total. The maximum absolute atomic E-state index is 12.6. The monoisotopic (exact) mass is 276 g/mol. The number of hydrogen-bond donors (Lipinski definition) is 1. The van der Waals surface area contributed by atoms with Crippen molar-refractivity contribution in [3.63, 3.8) is 0 Å². The Bertz CT molecular complexity index is 391. The molecule has 0 spiro atoms. The number of carbonyl (C=O) groups excluding carboxylic acids is 1. The van der Waals surface area contributed by atoms with Crippen molar-refractivity contribution >= 4 is 5.91 Å². The van der Waals surface area contributed by atoms with Crippen LogP contribution >= 0.6 is 0 Å². The van der Waals surface area contributed by atoms with Crippen LogP contribution in [0.2, 0.25) is 0 Å². The molecule has 1 amide bonds. The lowest BCUT2D eigenvalue weighted by atomic mass is 10.0. The van der Waals surface area contributed by atoms with Gasteiger partial charge in [-0.05, 0) is 31.7 Å². The molecule has 0 aromatic heterocycles. The third kappa shape index (κ3) is 4.97. The van der Waals surface area contributed by atoms with Crippen LogP contribution in [0.4, 0.5) is 0 Å². The van der Waals surface area contributed by atoms with E-state index in [0.29, 0.717) is 6.42 Å². The number of hydrogen-bond acceptors (Lipinski definition) is 2. The zero-order chi connectivity index (χ0) is 15.0. The van der Waals surface area contributed by atoms with E-state index in [9.17, 15) is 4.79 Å². The standard InChI is InChI=1S/C17H28N2O/c1-4-6-12-19(14(3)5-2)17(20)16(18)13-15-10-8-7-9-11-15/h7-11,14,16H,4-6,12-13,18H2,1-3H3/t14?,16-/m0/s1. The second-order valence-corrected chi connectivity index (χ2v) is 5.44. The molecule has 3 heteroatoms. The van der Waals surface area contributed by atoms with Gasteiger partial charge in [-0.1, -0.05) is 50.6 Å². The zero-order valence-electron chi connectivity index (χ0n) is 13.0. The molecule has 0 heterocycles. The number of rotatable bonds is 8. The quantitative estimate of drug-likeness (QED) is 0.793. The van der Waals surface area contributed by atoms with E-state index in [2.05, 4.69) is 20.8 Å². The highest BCUT2D eigenvalue weighted by atomic mass is 16.2. The second-order valence-electron chi connectivity index (χ2n) is 5.44. The van der Waals surface area contributed by atoms with E-state index in [1.807, 2.05) is 35.2 Å². The van der Waals surface area contributed by atoms with Gasteiger partial charge in [0, 0.05) is 12.6 Å². The maximum atomic E-state index is 12.6. The van der Waals surface area contributed by atoms with Gasteiger partial charge in [-0.2, -0.15) is 0 Å². The molecule has 0 saturated carbocycles.